The lowest BCUT2D eigenvalue weighted by Crippen LogP contribution is -2.60. The van der Waals surface area contributed by atoms with E-state index in [9.17, 15) is 30.5 Å². The van der Waals surface area contributed by atoms with Gasteiger partial charge in [0, 0.05) is 37.8 Å². The Bertz CT molecular complexity index is 1050. The third kappa shape index (κ3) is 6.02. The van der Waals surface area contributed by atoms with E-state index in [4.69, 9.17) is 9.47 Å². The van der Waals surface area contributed by atoms with E-state index in [2.05, 4.69) is 11.8 Å². The second kappa shape index (κ2) is 11.3. The molecule has 3 unspecified atom stereocenters. The Hall–Kier alpha value is -3.20. The molecule has 3 rings (SSSR count). The average Bonchev–Trinajstić information content (AvgIpc) is 2.82. The highest BCUT2D eigenvalue weighted by Gasteiger charge is 2.45. The van der Waals surface area contributed by atoms with E-state index in [0.717, 1.165) is 11.3 Å². The zero-order valence-electron chi connectivity index (χ0n) is 18.9. The van der Waals surface area contributed by atoms with Crippen LogP contribution in [0.1, 0.15) is 17.5 Å². The van der Waals surface area contributed by atoms with E-state index in [-0.39, 0.29) is 11.4 Å². The number of hydrogen-bond donors (Lipinski definition) is 4. The van der Waals surface area contributed by atoms with Gasteiger partial charge in [0.1, 0.15) is 24.4 Å². The molecule has 182 valence electrons. The maximum absolute atomic E-state index is 11.4. The molecular weight excluding hydrogens is 444 g/mol. The number of aliphatic hydroxyl groups excluding tert-OH is 4. The van der Waals surface area contributed by atoms with Crippen molar-refractivity contribution in [2.45, 2.75) is 43.5 Å². The second-order valence-corrected chi connectivity index (χ2v) is 8.12. The summed E-state index contributed by atoms with van der Waals surface area (Å²) in [5, 5.41) is 50.8. The molecule has 10 heteroatoms. The van der Waals surface area contributed by atoms with Crippen molar-refractivity contribution in [2.24, 2.45) is 0 Å². The monoisotopic (exact) mass is 472 g/mol. The highest BCUT2D eigenvalue weighted by molar-refractivity contribution is 5.50. The molecule has 1 saturated heterocycles. The third-order valence-corrected chi connectivity index (χ3v) is 5.47. The van der Waals surface area contributed by atoms with Gasteiger partial charge in [0.15, 0.2) is 0 Å². The number of anilines is 1. The summed E-state index contributed by atoms with van der Waals surface area (Å²) in [4.78, 5) is 12.8. The summed E-state index contributed by atoms with van der Waals surface area (Å²) in [6, 6.07) is 12.1. The number of nitrogens with zero attached hydrogens (tertiary/aromatic N) is 2. The summed E-state index contributed by atoms with van der Waals surface area (Å²) < 4.78 is 10.8. The van der Waals surface area contributed by atoms with E-state index in [1.807, 2.05) is 43.3 Å². The van der Waals surface area contributed by atoms with Crippen molar-refractivity contribution in [3.63, 3.8) is 0 Å². The van der Waals surface area contributed by atoms with Crippen molar-refractivity contribution in [3.8, 4) is 17.6 Å². The van der Waals surface area contributed by atoms with Crippen molar-refractivity contribution >= 4 is 11.4 Å². The Morgan fingerprint density at radius 2 is 1.79 bits per heavy atom. The predicted octanol–water partition coefficient (Wildman–Crippen LogP) is 0.824. The van der Waals surface area contributed by atoms with Gasteiger partial charge in [-0.2, -0.15) is 0 Å². The molecule has 2 aromatic carbocycles. The number of benzene rings is 2. The molecule has 0 amide bonds. The lowest BCUT2D eigenvalue weighted by Gasteiger charge is -2.39. The van der Waals surface area contributed by atoms with Crippen LogP contribution in [0.4, 0.5) is 11.4 Å². The molecule has 10 nitrogen and oxygen atoms in total. The van der Waals surface area contributed by atoms with Crippen molar-refractivity contribution in [3.05, 3.63) is 63.7 Å². The SMILES string of the molecule is CN(C)c1ccc(C#CCCc2ccc([N+](=O)[O-])c(O[C@@H]3OC(CO)[C@@H](O)C(O)C3O)c2)cc1. The van der Waals surface area contributed by atoms with Crippen LogP contribution in [0.3, 0.4) is 0 Å². The maximum Gasteiger partial charge on any atom is 0.311 e. The predicted molar refractivity (Wildman–Crippen MR) is 123 cm³/mol. The van der Waals surface area contributed by atoms with Gasteiger partial charge in [0.2, 0.25) is 12.0 Å². The minimum absolute atomic E-state index is 0.168. The summed E-state index contributed by atoms with van der Waals surface area (Å²) in [6.45, 7) is -0.635. The van der Waals surface area contributed by atoms with E-state index in [0.29, 0.717) is 18.4 Å². The van der Waals surface area contributed by atoms with Crippen LogP contribution in [-0.2, 0) is 11.2 Å². The van der Waals surface area contributed by atoms with Crippen LogP contribution >= 0.6 is 0 Å². The molecule has 0 radical (unpaired) electrons. The van der Waals surface area contributed by atoms with Crippen molar-refractivity contribution in [1.29, 1.82) is 0 Å². The Morgan fingerprint density at radius 3 is 2.41 bits per heavy atom. The highest BCUT2D eigenvalue weighted by atomic mass is 16.7. The molecule has 1 fully saturated rings. The van der Waals surface area contributed by atoms with Gasteiger partial charge in [-0.1, -0.05) is 17.9 Å². The zero-order valence-corrected chi connectivity index (χ0v) is 18.9. The summed E-state index contributed by atoms with van der Waals surface area (Å²) in [6.07, 6.45) is -6.61. The summed E-state index contributed by atoms with van der Waals surface area (Å²) >= 11 is 0. The third-order valence-electron chi connectivity index (χ3n) is 5.47. The minimum Gasteiger partial charge on any atom is -0.455 e. The molecule has 0 saturated carbocycles. The van der Waals surface area contributed by atoms with Gasteiger partial charge in [0.05, 0.1) is 11.5 Å². The number of ether oxygens (including phenoxy) is 2. The Kier molecular flexibility index (Phi) is 8.44. The second-order valence-electron chi connectivity index (χ2n) is 8.12. The maximum atomic E-state index is 11.4. The number of aryl methyl sites for hydroxylation is 1. The minimum atomic E-state index is -1.68. The van der Waals surface area contributed by atoms with E-state index >= 15 is 0 Å². The van der Waals surface area contributed by atoms with E-state index < -0.39 is 42.2 Å². The van der Waals surface area contributed by atoms with Crippen LogP contribution in [0.25, 0.3) is 0 Å². The standard InChI is InChI=1S/C24H28N2O8/c1-25(2)17-10-7-15(8-11-17)5-3-4-6-16-9-12-18(26(31)32)19(13-16)33-24-23(30)22(29)21(28)20(14-27)34-24/h7-13,20-24,27-30H,4,6,14H2,1-2H3/t20?,21-,22?,23?,24-/m1/s1. The molecule has 5 atom stereocenters. The van der Waals surface area contributed by atoms with Crippen LogP contribution in [-0.4, -0.2) is 76.8 Å². The molecule has 0 bridgehead atoms. The first-order valence-electron chi connectivity index (χ1n) is 10.7. The molecular formula is C24H28N2O8. The fourth-order valence-electron chi connectivity index (χ4n) is 3.46. The summed E-state index contributed by atoms with van der Waals surface area (Å²) in [7, 11) is 3.92. The Balaban J connectivity index is 1.71. The molecule has 0 aromatic heterocycles. The van der Waals surface area contributed by atoms with Crippen LogP contribution in [0.5, 0.6) is 5.75 Å². The topological polar surface area (TPSA) is 146 Å². The van der Waals surface area contributed by atoms with Gasteiger partial charge in [-0.25, -0.2) is 0 Å². The summed E-state index contributed by atoms with van der Waals surface area (Å²) in [5.74, 6) is 5.99. The van der Waals surface area contributed by atoms with E-state index in [1.165, 1.54) is 12.1 Å². The van der Waals surface area contributed by atoms with Gasteiger partial charge in [-0.15, -0.1) is 0 Å². The molecule has 1 aliphatic heterocycles. The molecule has 0 spiro atoms. The van der Waals surface area contributed by atoms with Crippen molar-refractivity contribution in [1.82, 2.24) is 0 Å². The molecule has 4 N–H and O–H groups in total. The zero-order chi connectivity index (χ0) is 24.8. The molecule has 1 aliphatic rings. The normalized spacial score (nSPS) is 24.1. The Morgan fingerprint density at radius 1 is 1.09 bits per heavy atom. The van der Waals surface area contributed by atoms with Crippen LogP contribution < -0.4 is 9.64 Å². The highest BCUT2D eigenvalue weighted by Crippen LogP contribution is 2.32. The first kappa shape index (κ1) is 25.4. The molecule has 34 heavy (non-hydrogen) atoms. The summed E-state index contributed by atoms with van der Waals surface area (Å²) in [5.41, 5.74) is 2.31. The van der Waals surface area contributed by atoms with Gasteiger partial charge < -0.3 is 34.8 Å². The molecule has 1 heterocycles. The van der Waals surface area contributed by atoms with E-state index in [1.54, 1.807) is 6.07 Å². The molecule has 0 aliphatic carbocycles. The Labute approximate surface area is 197 Å². The fraction of sp³-hybridized carbons (Fsp3) is 0.417. The van der Waals surface area contributed by atoms with Crippen LogP contribution in [0.15, 0.2) is 42.5 Å². The van der Waals surface area contributed by atoms with Crippen LogP contribution in [0, 0.1) is 22.0 Å². The number of aliphatic hydroxyl groups is 4. The number of rotatable bonds is 7. The number of nitro groups is 1. The van der Waals surface area contributed by atoms with Crippen LogP contribution in [0.2, 0.25) is 0 Å². The largest absolute Gasteiger partial charge is 0.455 e. The smallest absolute Gasteiger partial charge is 0.311 e. The lowest BCUT2D eigenvalue weighted by atomic mass is 9.99. The van der Waals surface area contributed by atoms with Gasteiger partial charge in [-0.3, -0.25) is 10.1 Å². The number of hydrogen-bond acceptors (Lipinski definition) is 9. The quantitative estimate of drug-likeness (QED) is 0.261. The first-order valence-corrected chi connectivity index (χ1v) is 10.7. The van der Waals surface area contributed by atoms with Crippen molar-refractivity contribution in [2.75, 3.05) is 25.6 Å². The van der Waals surface area contributed by atoms with Crippen molar-refractivity contribution < 1.29 is 34.8 Å². The molecule has 2 aromatic rings. The van der Waals surface area contributed by atoms with Gasteiger partial charge in [0.25, 0.3) is 0 Å². The fourth-order valence-corrected chi connectivity index (χ4v) is 3.46. The van der Waals surface area contributed by atoms with Gasteiger partial charge >= 0.3 is 5.69 Å². The first-order chi connectivity index (χ1) is 16.2. The number of nitro benzene ring substituents is 1. The lowest BCUT2D eigenvalue weighted by molar-refractivity contribution is -0.387. The average molecular weight is 472 g/mol. The van der Waals surface area contributed by atoms with Gasteiger partial charge in [-0.05, 0) is 42.3 Å².